The van der Waals surface area contributed by atoms with Crippen LogP contribution in [-0.4, -0.2) is 11.1 Å². The third-order valence-electron chi connectivity index (χ3n) is 7.88. The Bertz CT molecular complexity index is 601. The lowest BCUT2D eigenvalue weighted by molar-refractivity contribution is -0.143. The van der Waals surface area contributed by atoms with Gasteiger partial charge in [-0.2, -0.15) is 0 Å². The average molecular weight is 355 g/mol. The normalized spacial score (nSPS) is 42.0. The predicted molar refractivity (Wildman–Crippen MR) is 106 cm³/mol. The van der Waals surface area contributed by atoms with Crippen molar-refractivity contribution in [1.29, 1.82) is 0 Å². The largest absolute Gasteiger partial charge is 0.481 e. The molecule has 4 aliphatic carbocycles. The highest BCUT2D eigenvalue weighted by atomic mass is 16.4. The maximum atomic E-state index is 11.6. The summed E-state index contributed by atoms with van der Waals surface area (Å²) in [6.07, 6.45) is 24.2. The topological polar surface area (TPSA) is 37.3 Å². The number of allylic oxidation sites excluding steroid dienone is 5. The molecule has 0 aromatic rings. The number of rotatable bonds is 9. The molecule has 0 heterocycles. The van der Waals surface area contributed by atoms with Crippen molar-refractivity contribution in [3.05, 3.63) is 36.5 Å². The molecule has 0 amide bonds. The van der Waals surface area contributed by atoms with Crippen LogP contribution >= 0.6 is 0 Å². The predicted octanol–water partition coefficient (Wildman–Crippen LogP) is 5.86. The van der Waals surface area contributed by atoms with Crippen LogP contribution in [0.15, 0.2) is 36.5 Å². The van der Waals surface area contributed by atoms with Crippen LogP contribution in [0.5, 0.6) is 0 Å². The lowest BCUT2D eigenvalue weighted by Gasteiger charge is -2.54. The van der Waals surface area contributed by atoms with Gasteiger partial charge in [0.2, 0.25) is 0 Å². The van der Waals surface area contributed by atoms with E-state index in [9.17, 15) is 9.90 Å². The number of aliphatic carboxylic acids is 1. The fraction of sp³-hybridized carbons (Fsp3) is 0.708. The highest BCUT2D eigenvalue weighted by Crippen LogP contribution is 2.67. The van der Waals surface area contributed by atoms with Crippen molar-refractivity contribution in [2.45, 2.75) is 58.3 Å². The number of carbonyl (C=O) groups is 1. The summed E-state index contributed by atoms with van der Waals surface area (Å²) in [6.45, 7) is 2.10. The molecular formula is C24H34O2. The van der Waals surface area contributed by atoms with Crippen LogP contribution in [0.1, 0.15) is 58.3 Å². The minimum absolute atomic E-state index is 0.256. The van der Waals surface area contributed by atoms with E-state index in [1.54, 1.807) is 0 Å². The molecule has 0 aromatic carbocycles. The van der Waals surface area contributed by atoms with Gasteiger partial charge >= 0.3 is 5.97 Å². The van der Waals surface area contributed by atoms with Gasteiger partial charge in [0.1, 0.15) is 0 Å². The van der Waals surface area contributed by atoms with E-state index in [1.807, 2.05) is 6.08 Å². The monoisotopic (exact) mass is 354 g/mol. The summed E-state index contributed by atoms with van der Waals surface area (Å²) in [5.41, 5.74) is 0. The summed E-state index contributed by atoms with van der Waals surface area (Å²) >= 11 is 0. The van der Waals surface area contributed by atoms with Crippen LogP contribution in [0, 0.1) is 47.3 Å². The Morgan fingerprint density at radius 2 is 1.77 bits per heavy atom. The van der Waals surface area contributed by atoms with E-state index in [0.717, 1.165) is 23.7 Å². The SMILES string of the molecule is C/C=C/CCCCCCC[C@@H]1C2C=CC3[C@H]4[C@@H]2[C@H]1C[C@@H]4C=C[C@@H]3C(=O)O. The summed E-state index contributed by atoms with van der Waals surface area (Å²) in [6, 6.07) is 0. The second-order valence-corrected chi connectivity index (χ2v) is 9.08. The molecule has 2 fully saturated rings. The van der Waals surface area contributed by atoms with Crippen molar-refractivity contribution in [3.8, 4) is 0 Å². The van der Waals surface area contributed by atoms with E-state index in [2.05, 4.69) is 37.3 Å². The highest BCUT2D eigenvalue weighted by molar-refractivity contribution is 5.73. The Kier molecular flexibility index (Phi) is 5.38. The van der Waals surface area contributed by atoms with Crippen molar-refractivity contribution in [2.75, 3.05) is 0 Å². The summed E-state index contributed by atoms with van der Waals surface area (Å²) in [4.78, 5) is 11.6. The summed E-state index contributed by atoms with van der Waals surface area (Å²) < 4.78 is 0. The Labute approximate surface area is 158 Å². The molecule has 2 unspecified atom stereocenters. The minimum Gasteiger partial charge on any atom is -0.481 e. The molecule has 0 aliphatic heterocycles. The first-order valence-electron chi connectivity index (χ1n) is 10.9. The van der Waals surface area contributed by atoms with Crippen LogP contribution in [0.3, 0.4) is 0 Å². The molecule has 26 heavy (non-hydrogen) atoms. The first kappa shape index (κ1) is 18.1. The Morgan fingerprint density at radius 3 is 2.58 bits per heavy atom. The van der Waals surface area contributed by atoms with Crippen molar-refractivity contribution in [2.24, 2.45) is 47.3 Å². The maximum absolute atomic E-state index is 11.6. The number of hydrogen-bond donors (Lipinski definition) is 1. The summed E-state index contributed by atoms with van der Waals surface area (Å²) in [5, 5.41) is 9.55. The van der Waals surface area contributed by atoms with Gasteiger partial charge in [0.05, 0.1) is 5.92 Å². The lowest BCUT2D eigenvalue weighted by atomic mass is 9.50. The first-order chi connectivity index (χ1) is 12.7. The fourth-order valence-corrected chi connectivity index (χ4v) is 6.77. The molecule has 142 valence electrons. The van der Waals surface area contributed by atoms with Crippen LogP contribution < -0.4 is 0 Å². The highest BCUT2D eigenvalue weighted by Gasteiger charge is 2.62. The van der Waals surface area contributed by atoms with Gasteiger partial charge in [0, 0.05) is 0 Å². The quantitative estimate of drug-likeness (QED) is 0.416. The molecule has 4 aliphatic rings. The second kappa shape index (κ2) is 7.74. The van der Waals surface area contributed by atoms with Gasteiger partial charge in [0.15, 0.2) is 0 Å². The number of hydrogen-bond acceptors (Lipinski definition) is 1. The number of carboxylic acids is 1. The van der Waals surface area contributed by atoms with Crippen molar-refractivity contribution < 1.29 is 9.90 Å². The van der Waals surface area contributed by atoms with Gasteiger partial charge in [0.25, 0.3) is 0 Å². The summed E-state index contributed by atoms with van der Waals surface area (Å²) in [7, 11) is 0. The van der Waals surface area contributed by atoms with Gasteiger partial charge in [-0.05, 0) is 74.0 Å². The van der Waals surface area contributed by atoms with Gasteiger partial charge in [-0.25, -0.2) is 0 Å². The number of unbranched alkanes of at least 4 members (excludes halogenated alkanes) is 5. The van der Waals surface area contributed by atoms with Crippen LogP contribution in [-0.2, 0) is 4.79 Å². The molecule has 8 atom stereocenters. The molecule has 0 spiro atoms. The third-order valence-corrected chi connectivity index (χ3v) is 7.88. The maximum Gasteiger partial charge on any atom is 0.310 e. The molecule has 1 N–H and O–H groups in total. The van der Waals surface area contributed by atoms with E-state index in [1.165, 1.54) is 51.4 Å². The fourth-order valence-electron chi connectivity index (χ4n) is 6.77. The second-order valence-electron chi connectivity index (χ2n) is 9.08. The molecule has 0 bridgehead atoms. The van der Waals surface area contributed by atoms with Crippen molar-refractivity contribution in [3.63, 3.8) is 0 Å². The Balaban J connectivity index is 1.28. The van der Waals surface area contributed by atoms with E-state index >= 15 is 0 Å². The Morgan fingerprint density at radius 1 is 1.00 bits per heavy atom. The van der Waals surface area contributed by atoms with Crippen LogP contribution in [0.25, 0.3) is 0 Å². The Hall–Kier alpha value is -1.31. The average Bonchev–Trinajstić information content (AvgIpc) is 2.98. The van der Waals surface area contributed by atoms with Crippen LogP contribution in [0.4, 0.5) is 0 Å². The number of carboxylic acid groups (broad SMARTS) is 1. The lowest BCUT2D eigenvalue weighted by Crippen LogP contribution is -2.50. The van der Waals surface area contributed by atoms with Gasteiger partial charge < -0.3 is 5.11 Å². The third kappa shape index (κ3) is 3.10. The molecule has 0 aromatic heterocycles. The molecular weight excluding hydrogens is 320 g/mol. The zero-order valence-corrected chi connectivity index (χ0v) is 16.1. The zero-order valence-electron chi connectivity index (χ0n) is 16.1. The van der Waals surface area contributed by atoms with Gasteiger partial charge in [-0.3, -0.25) is 4.79 Å². The first-order valence-corrected chi connectivity index (χ1v) is 10.9. The van der Waals surface area contributed by atoms with Crippen molar-refractivity contribution >= 4 is 5.97 Å². The van der Waals surface area contributed by atoms with Gasteiger partial charge in [-0.1, -0.05) is 62.1 Å². The molecule has 2 nitrogen and oxygen atoms in total. The smallest absolute Gasteiger partial charge is 0.310 e. The van der Waals surface area contributed by atoms with Gasteiger partial charge in [-0.15, -0.1) is 0 Å². The molecule has 4 rings (SSSR count). The van der Waals surface area contributed by atoms with E-state index in [-0.39, 0.29) is 11.8 Å². The standard InChI is InChI=1S/C24H34O2/c1-2-3-4-5-6-7-8-9-10-17-18-13-14-19-20(24(25)26)12-11-16-15-21(17)23(18)22(16)19/h2-3,11-14,16-23H,4-10,15H2,1H3,(H,25,26)/b3-2+/t16-,17+,18?,19?,20-,21-,22-,23-/m0/s1. The molecule has 0 saturated heterocycles. The molecule has 2 saturated carbocycles. The molecule has 2 heteroatoms. The van der Waals surface area contributed by atoms with E-state index < -0.39 is 5.97 Å². The van der Waals surface area contributed by atoms with Crippen LogP contribution in [0.2, 0.25) is 0 Å². The minimum atomic E-state index is -0.637. The van der Waals surface area contributed by atoms with E-state index in [0.29, 0.717) is 11.8 Å². The van der Waals surface area contributed by atoms with Crippen molar-refractivity contribution in [1.82, 2.24) is 0 Å². The van der Waals surface area contributed by atoms with E-state index in [4.69, 9.17) is 0 Å². The summed E-state index contributed by atoms with van der Waals surface area (Å²) in [5.74, 6) is 3.88. The zero-order chi connectivity index (χ0) is 18.1. The molecule has 0 radical (unpaired) electrons.